The Labute approximate surface area is 130 Å². The fourth-order valence-electron chi connectivity index (χ4n) is 2.79. The van der Waals surface area contributed by atoms with E-state index in [1.807, 2.05) is 35.2 Å². The average Bonchev–Trinajstić information content (AvgIpc) is 2.84. The molecular formula is C16H21ClN2O2. The van der Waals surface area contributed by atoms with Crippen molar-refractivity contribution in [1.29, 1.82) is 0 Å². The summed E-state index contributed by atoms with van der Waals surface area (Å²) >= 11 is 0. The van der Waals surface area contributed by atoms with Gasteiger partial charge < -0.3 is 15.1 Å². The summed E-state index contributed by atoms with van der Waals surface area (Å²) in [5, 5.41) is 0.962. The third-order valence-electron chi connectivity index (χ3n) is 4.24. The predicted molar refractivity (Wildman–Crippen MR) is 85.7 cm³/mol. The molecule has 1 aromatic heterocycles. The molecule has 2 N–H and O–H groups in total. The quantitative estimate of drug-likeness (QED) is 0.881. The maximum Gasteiger partial charge on any atom is 0.289 e. The molecule has 1 saturated heterocycles. The van der Waals surface area contributed by atoms with E-state index < -0.39 is 0 Å². The van der Waals surface area contributed by atoms with Gasteiger partial charge in [-0.3, -0.25) is 4.79 Å². The van der Waals surface area contributed by atoms with Crippen molar-refractivity contribution in [1.82, 2.24) is 4.90 Å². The number of para-hydroxylation sites is 1. The van der Waals surface area contributed by atoms with Crippen LogP contribution in [0.25, 0.3) is 11.0 Å². The molecule has 2 heterocycles. The van der Waals surface area contributed by atoms with Gasteiger partial charge in [-0.25, -0.2) is 0 Å². The molecule has 1 atom stereocenters. The summed E-state index contributed by atoms with van der Waals surface area (Å²) in [5.41, 5.74) is 6.81. The fraction of sp³-hybridized carbons (Fsp3) is 0.438. The summed E-state index contributed by atoms with van der Waals surface area (Å²) in [5.74, 6) is 0.374. The summed E-state index contributed by atoms with van der Waals surface area (Å²) in [6.07, 6.45) is 0.832. The number of likely N-dealkylation sites (tertiary alicyclic amines) is 1. The largest absolute Gasteiger partial charge is 0.451 e. The molecule has 0 radical (unpaired) electrons. The number of amides is 1. The Morgan fingerprint density at radius 3 is 2.76 bits per heavy atom. The van der Waals surface area contributed by atoms with Crippen molar-refractivity contribution in [2.45, 2.75) is 26.3 Å². The molecule has 0 bridgehead atoms. The van der Waals surface area contributed by atoms with E-state index in [0.717, 1.165) is 17.4 Å². The van der Waals surface area contributed by atoms with Crippen molar-refractivity contribution in [3.05, 3.63) is 36.1 Å². The number of furan rings is 1. The molecule has 4 nitrogen and oxygen atoms in total. The highest BCUT2D eigenvalue weighted by Gasteiger charge is 2.36. The molecule has 1 aliphatic heterocycles. The van der Waals surface area contributed by atoms with E-state index >= 15 is 0 Å². The Kier molecular flexibility index (Phi) is 4.30. The first-order valence-corrected chi connectivity index (χ1v) is 7.01. The van der Waals surface area contributed by atoms with Gasteiger partial charge in [-0.1, -0.05) is 32.0 Å². The topological polar surface area (TPSA) is 59.5 Å². The van der Waals surface area contributed by atoms with E-state index in [-0.39, 0.29) is 29.8 Å². The lowest BCUT2D eigenvalue weighted by atomic mass is 9.79. The molecule has 5 heteroatoms. The van der Waals surface area contributed by atoms with Crippen molar-refractivity contribution >= 4 is 29.3 Å². The van der Waals surface area contributed by atoms with Crippen LogP contribution in [0.3, 0.4) is 0 Å². The van der Waals surface area contributed by atoms with Crippen LogP contribution in [0.5, 0.6) is 0 Å². The number of nitrogens with two attached hydrogens (primary N) is 1. The van der Waals surface area contributed by atoms with E-state index in [0.29, 0.717) is 18.8 Å². The first-order chi connectivity index (χ1) is 9.47. The van der Waals surface area contributed by atoms with Crippen LogP contribution in [0.4, 0.5) is 0 Å². The highest BCUT2D eigenvalue weighted by Crippen LogP contribution is 2.29. The summed E-state index contributed by atoms with van der Waals surface area (Å²) in [6.45, 7) is 5.58. The standard InChI is InChI=1S/C16H20N2O2.ClH/c1-16(2)10-18(8-7-14(16)17)15(19)13-9-11-5-3-4-6-12(11)20-13;/h3-6,9,14H,7-8,10,17H2,1-2H3;1H. The van der Waals surface area contributed by atoms with Gasteiger partial charge in [0.1, 0.15) is 5.58 Å². The van der Waals surface area contributed by atoms with Gasteiger partial charge in [-0.05, 0) is 24.0 Å². The Hall–Kier alpha value is -1.52. The van der Waals surface area contributed by atoms with Crippen LogP contribution in [-0.4, -0.2) is 29.9 Å². The second kappa shape index (κ2) is 5.70. The Morgan fingerprint density at radius 1 is 1.38 bits per heavy atom. The number of hydrogen-bond donors (Lipinski definition) is 1. The molecule has 2 aromatic rings. The number of halogens is 1. The van der Waals surface area contributed by atoms with Crippen LogP contribution in [0.15, 0.2) is 34.7 Å². The summed E-state index contributed by atoms with van der Waals surface area (Å²) in [6, 6.07) is 9.63. The van der Waals surface area contributed by atoms with E-state index in [2.05, 4.69) is 13.8 Å². The molecule has 0 saturated carbocycles. The second-order valence-electron chi connectivity index (χ2n) is 6.26. The molecule has 1 aliphatic rings. The van der Waals surface area contributed by atoms with E-state index in [9.17, 15) is 4.79 Å². The lowest BCUT2D eigenvalue weighted by molar-refractivity contribution is 0.0505. The fourth-order valence-corrected chi connectivity index (χ4v) is 2.79. The van der Waals surface area contributed by atoms with Crippen molar-refractivity contribution in [2.24, 2.45) is 11.1 Å². The lowest BCUT2D eigenvalue weighted by Crippen LogP contribution is -2.53. The Bertz CT molecular complexity index is 618. The maximum absolute atomic E-state index is 12.6. The van der Waals surface area contributed by atoms with Gasteiger partial charge in [0.25, 0.3) is 5.91 Å². The molecule has 0 aliphatic carbocycles. The van der Waals surface area contributed by atoms with Crippen LogP contribution in [0, 0.1) is 5.41 Å². The minimum Gasteiger partial charge on any atom is -0.451 e. The number of carbonyl (C=O) groups is 1. The molecule has 114 valence electrons. The zero-order valence-corrected chi connectivity index (χ0v) is 13.2. The molecule has 1 aromatic carbocycles. The van der Waals surface area contributed by atoms with Crippen molar-refractivity contribution < 1.29 is 9.21 Å². The van der Waals surface area contributed by atoms with Gasteiger partial charge in [0, 0.05) is 24.5 Å². The molecule has 0 spiro atoms. The van der Waals surface area contributed by atoms with E-state index in [1.54, 1.807) is 0 Å². The van der Waals surface area contributed by atoms with Crippen molar-refractivity contribution in [3.63, 3.8) is 0 Å². The minimum absolute atomic E-state index is 0. The summed E-state index contributed by atoms with van der Waals surface area (Å²) < 4.78 is 5.66. The molecule has 1 amide bonds. The number of piperidine rings is 1. The van der Waals surface area contributed by atoms with Crippen molar-refractivity contribution in [2.75, 3.05) is 13.1 Å². The smallest absolute Gasteiger partial charge is 0.289 e. The van der Waals surface area contributed by atoms with Gasteiger partial charge in [-0.15, -0.1) is 12.4 Å². The maximum atomic E-state index is 12.6. The highest BCUT2D eigenvalue weighted by atomic mass is 35.5. The number of carbonyl (C=O) groups excluding carboxylic acids is 1. The predicted octanol–water partition coefficient (Wildman–Crippen LogP) is 3.05. The van der Waals surface area contributed by atoms with Crippen LogP contribution in [0.1, 0.15) is 30.8 Å². The summed E-state index contributed by atoms with van der Waals surface area (Å²) in [4.78, 5) is 14.4. The Morgan fingerprint density at radius 2 is 2.10 bits per heavy atom. The monoisotopic (exact) mass is 308 g/mol. The second-order valence-corrected chi connectivity index (χ2v) is 6.26. The first-order valence-electron chi connectivity index (χ1n) is 7.01. The van der Waals surface area contributed by atoms with E-state index in [1.165, 1.54) is 0 Å². The van der Waals surface area contributed by atoms with Crippen LogP contribution in [-0.2, 0) is 0 Å². The molecule has 3 rings (SSSR count). The van der Waals surface area contributed by atoms with Crippen LogP contribution >= 0.6 is 12.4 Å². The van der Waals surface area contributed by atoms with Crippen LogP contribution in [0.2, 0.25) is 0 Å². The van der Waals surface area contributed by atoms with E-state index in [4.69, 9.17) is 10.2 Å². The summed E-state index contributed by atoms with van der Waals surface area (Å²) in [7, 11) is 0. The zero-order valence-electron chi connectivity index (χ0n) is 12.3. The normalized spacial score (nSPS) is 21.1. The number of hydrogen-bond acceptors (Lipinski definition) is 3. The minimum atomic E-state index is -0.0556. The third-order valence-corrected chi connectivity index (χ3v) is 4.24. The van der Waals surface area contributed by atoms with Crippen molar-refractivity contribution in [3.8, 4) is 0 Å². The Balaban J connectivity index is 0.00000161. The lowest BCUT2D eigenvalue weighted by Gasteiger charge is -2.42. The van der Waals surface area contributed by atoms with Gasteiger partial charge in [0.2, 0.25) is 0 Å². The first kappa shape index (κ1) is 15.9. The average molecular weight is 309 g/mol. The molecule has 21 heavy (non-hydrogen) atoms. The van der Waals surface area contributed by atoms with Crippen LogP contribution < -0.4 is 5.73 Å². The number of rotatable bonds is 1. The number of benzene rings is 1. The molecular weight excluding hydrogens is 288 g/mol. The van der Waals surface area contributed by atoms with Gasteiger partial charge in [0.15, 0.2) is 5.76 Å². The number of nitrogens with zero attached hydrogens (tertiary/aromatic N) is 1. The van der Waals surface area contributed by atoms with Gasteiger partial charge >= 0.3 is 0 Å². The van der Waals surface area contributed by atoms with Gasteiger partial charge in [0.05, 0.1) is 0 Å². The number of fused-ring (bicyclic) bond motifs is 1. The van der Waals surface area contributed by atoms with Gasteiger partial charge in [-0.2, -0.15) is 0 Å². The SMILES string of the molecule is CC1(C)CN(C(=O)c2cc3ccccc3o2)CCC1N.Cl. The molecule has 1 unspecified atom stereocenters. The third kappa shape index (κ3) is 2.92. The highest BCUT2D eigenvalue weighted by molar-refractivity contribution is 5.96. The zero-order chi connectivity index (χ0) is 14.3. The molecule has 1 fully saturated rings.